The minimum atomic E-state index is -0.458. The van der Waals surface area contributed by atoms with Gasteiger partial charge in [-0.05, 0) is 75.8 Å². The van der Waals surface area contributed by atoms with Crippen molar-refractivity contribution in [3.05, 3.63) is 75.4 Å². The van der Waals surface area contributed by atoms with Gasteiger partial charge in [0.15, 0.2) is 28.8 Å². The molecule has 0 radical (unpaired) electrons. The third-order valence-electron chi connectivity index (χ3n) is 7.07. The number of para-hydroxylation sites is 2. The molecule has 8 nitrogen and oxygen atoms in total. The molecule has 1 aliphatic heterocycles. The average molecular weight is 581 g/mol. The van der Waals surface area contributed by atoms with Crippen LogP contribution in [0, 0.1) is 0 Å². The molecule has 1 heterocycles. The van der Waals surface area contributed by atoms with Crippen LogP contribution in [0.2, 0.25) is 0 Å². The van der Waals surface area contributed by atoms with E-state index in [-0.39, 0.29) is 17.5 Å². The van der Waals surface area contributed by atoms with Crippen LogP contribution >= 0.6 is 15.9 Å². The van der Waals surface area contributed by atoms with Crippen molar-refractivity contribution in [1.29, 1.82) is 0 Å². The fourth-order valence-corrected chi connectivity index (χ4v) is 5.69. The monoisotopic (exact) mass is 580 g/mol. The molecule has 1 aliphatic carbocycles. The number of aromatic hydroxyl groups is 1. The van der Waals surface area contributed by atoms with Crippen LogP contribution in [0.15, 0.2) is 64.3 Å². The van der Waals surface area contributed by atoms with E-state index in [1.165, 1.54) is 7.11 Å². The number of ether oxygens (including phenoxy) is 4. The minimum Gasteiger partial charge on any atom is -0.503 e. The fraction of sp³-hybridized carbons (Fsp3) is 0.276. The maximum Gasteiger partial charge on any atom is 0.203 e. The van der Waals surface area contributed by atoms with Crippen LogP contribution in [0.3, 0.4) is 0 Å². The van der Waals surface area contributed by atoms with Gasteiger partial charge in [0.25, 0.3) is 0 Å². The summed E-state index contributed by atoms with van der Waals surface area (Å²) in [6.07, 6.45) is 0.909. The Labute approximate surface area is 229 Å². The molecule has 0 spiro atoms. The molecule has 2 atom stereocenters. The third kappa shape index (κ3) is 4.51. The molecular weight excluding hydrogens is 552 g/mol. The fourth-order valence-electron chi connectivity index (χ4n) is 5.23. The van der Waals surface area contributed by atoms with Crippen LogP contribution in [-0.2, 0) is 4.79 Å². The van der Waals surface area contributed by atoms with Gasteiger partial charge in [-0.1, -0.05) is 12.1 Å². The van der Waals surface area contributed by atoms with Crippen LogP contribution in [0.1, 0.15) is 35.9 Å². The second kappa shape index (κ2) is 10.5. The molecular formula is C29H29BrN2O6. The van der Waals surface area contributed by atoms with Crippen LogP contribution in [0.5, 0.6) is 28.7 Å². The molecule has 0 saturated heterocycles. The Balaban J connectivity index is 1.62. The highest BCUT2D eigenvalue weighted by Crippen LogP contribution is 2.48. The van der Waals surface area contributed by atoms with Crippen molar-refractivity contribution < 1.29 is 28.8 Å². The molecule has 198 valence electrons. The molecule has 3 aromatic rings. The summed E-state index contributed by atoms with van der Waals surface area (Å²) < 4.78 is 22.5. The number of hydrogen-bond acceptors (Lipinski definition) is 8. The number of allylic oxidation sites excluding steroid dienone is 1. The predicted octanol–water partition coefficient (Wildman–Crippen LogP) is 6.17. The molecule has 2 aliphatic rings. The Bertz CT molecular complexity index is 1410. The lowest BCUT2D eigenvalue weighted by Gasteiger charge is -2.30. The molecule has 0 aromatic heterocycles. The highest BCUT2D eigenvalue weighted by atomic mass is 79.9. The number of nitrogens with one attached hydrogen (secondary N) is 2. The average Bonchev–Trinajstić information content (AvgIpc) is 3.10. The zero-order valence-electron chi connectivity index (χ0n) is 21.6. The summed E-state index contributed by atoms with van der Waals surface area (Å²) in [5.41, 5.74) is 4.96. The van der Waals surface area contributed by atoms with Crippen LogP contribution in [0.25, 0.3) is 0 Å². The highest BCUT2D eigenvalue weighted by Gasteiger charge is 2.37. The first kappa shape index (κ1) is 25.8. The summed E-state index contributed by atoms with van der Waals surface area (Å²) in [6, 6.07) is 14.8. The number of Topliss-reactive ketones (excluding diaryl/α,β-unsaturated/α-hetero) is 1. The van der Waals surface area contributed by atoms with Crippen molar-refractivity contribution in [2.45, 2.75) is 24.8 Å². The van der Waals surface area contributed by atoms with E-state index in [2.05, 4.69) is 26.6 Å². The second-order valence-electron chi connectivity index (χ2n) is 9.18. The molecule has 0 fully saturated rings. The van der Waals surface area contributed by atoms with E-state index in [1.807, 2.05) is 42.5 Å². The summed E-state index contributed by atoms with van der Waals surface area (Å²) in [7, 11) is 6.23. The Hall–Kier alpha value is -3.85. The molecule has 38 heavy (non-hydrogen) atoms. The number of phenols is 1. The van der Waals surface area contributed by atoms with Crippen molar-refractivity contribution in [3.8, 4) is 28.7 Å². The molecule has 3 N–H and O–H groups in total. The Morgan fingerprint density at radius 1 is 0.842 bits per heavy atom. The summed E-state index contributed by atoms with van der Waals surface area (Å²) in [6.45, 7) is 0. The van der Waals surface area contributed by atoms with Crippen LogP contribution in [-0.4, -0.2) is 39.3 Å². The molecule has 3 aromatic carbocycles. The number of benzene rings is 3. The SMILES string of the molecule is COc1cc([C@@H]2Nc3ccccc3NC3=C2C(=O)C[C@@H](c2cc(OC)c(OC)c(OC)c2)C3)cc(Br)c1O. The maximum atomic E-state index is 13.9. The minimum absolute atomic E-state index is 0.00929. The van der Waals surface area contributed by atoms with E-state index in [0.717, 1.165) is 28.2 Å². The van der Waals surface area contributed by atoms with Crippen LogP contribution < -0.4 is 29.6 Å². The molecule has 0 unspecified atom stereocenters. The van der Waals surface area contributed by atoms with Crippen molar-refractivity contribution in [1.82, 2.24) is 0 Å². The van der Waals surface area contributed by atoms with Gasteiger partial charge in [0.05, 0.1) is 50.3 Å². The first-order valence-corrected chi connectivity index (χ1v) is 12.9. The summed E-state index contributed by atoms with van der Waals surface area (Å²) in [4.78, 5) is 13.9. The van der Waals surface area contributed by atoms with E-state index >= 15 is 0 Å². The largest absolute Gasteiger partial charge is 0.503 e. The van der Waals surface area contributed by atoms with E-state index in [9.17, 15) is 9.90 Å². The van der Waals surface area contributed by atoms with Gasteiger partial charge in [0, 0.05) is 17.7 Å². The number of methoxy groups -OCH3 is 4. The zero-order valence-corrected chi connectivity index (χ0v) is 23.1. The quantitative estimate of drug-likeness (QED) is 0.318. The van der Waals surface area contributed by atoms with Gasteiger partial charge < -0.3 is 34.7 Å². The van der Waals surface area contributed by atoms with E-state index < -0.39 is 6.04 Å². The van der Waals surface area contributed by atoms with Crippen molar-refractivity contribution in [2.24, 2.45) is 0 Å². The summed E-state index contributed by atoms with van der Waals surface area (Å²) in [5, 5.41) is 17.5. The van der Waals surface area contributed by atoms with Crippen LogP contribution in [0.4, 0.5) is 11.4 Å². The lowest BCUT2D eigenvalue weighted by atomic mass is 9.78. The van der Waals surface area contributed by atoms with Gasteiger partial charge in [0.2, 0.25) is 5.75 Å². The van der Waals surface area contributed by atoms with E-state index in [1.54, 1.807) is 27.4 Å². The lowest BCUT2D eigenvalue weighted by Crippen LogP contribution is -2.27. The molecule has 0 saturated carbocycles. The predicted molar refractivity (Wildman–Crippen MR) is 149 cm³/mol. The second-order valence-corrected chi connectivity index (χ2v) is 10.0. The Kier molecular flexibility index (Phi) is 7.12. The summed E-state index contributed by atoms with van der Waals surface area (Å²) >= 11 is 3.43. The topological polar surface area (TPSA) is 98.3 Å². The normalized spacial score (nSPS) is 18.4. The van der Waals surface area contributed by atoms with Crippen molar-refractivity contribution >= 4 is 33.1 Å². The Morgan fingerprint density at radius 3 is 2.11 bits per heavy atom. The first-order chi connectivity index (χ1) is 18.4. The third-order valence-corrected chi connectivity index (χ3v) is 7.68. The number of phenolic OH excluding ortho intramolecular Hbond substituents is 1. The maximum absolute atomic E-state index is 13.9. The van der Waals surface area contributed by atoms with Crippen molar-refractivity contribution in [3.63, 3.8) is 0 Å². The van der Waals surface area contributed by atoms with Gasteiger partial charge in [-0.25, -0.2) is 0 Å². The molecule has 5 rings (SSSR count). The van der Waals surface area contributed by atoms with Gasteiger partial charge in [0.1, 0.15) is 0 Å². The number of ketones is 1. The van der Waals surface area contributed by atoms with Gasteiger partial charge in [-0.15, -0.1) is 0 Å². The first-order valence-electron chi connectivity index (χ1n) is 12.1. The number of rotatable bonds is 6. The van der Waals surface area contributed by atoms with E-state index in [0.29, 0.717) is 45.9 Å². The number of carbonyl (C=O) groups is 1. The lowest BCUT2D eigenvalue weighted by molar-refractivity contribution is -0.116. The van der Waals surface area contributed by atoms with Gasteiger partial charge in [-0.3, -0.25) is 4.79 Å². The smallest absolute Gasteiger partial charge is 0.203 e. The number of fused-ring (bicyclic) bond motifs is 1. The van der Waals surface area contributed by atoms with E-state index in [4.69, 9.17) is 18.9 Å². The number of halogens is 1. The number of hydrogen-bond donors (Lipinski definition) is 3. The molecule has 0 amide bonds. The van der Waals surface area contributed by atoms with Gasteiger partial charge in [-0.2, -0.15) is 0 Å². The van der Waals surface area contributed by atoms with Crippen molar-refractivity contribution in [2.75, 3.05) is 39.1 Å². The number of anilines is 2. The highest BCUT2D eigenvalue weighted by molar-refractivity contribution is 9.10. The Morgan fingerprint density at radius 2 is 1.47 bits per heavy atom. The number of carbonyl (C=O) groups excluding carboxylic acids is 1. The zero-order chi connectivity index (χ0) is 27.0. The standard InChI is InChI=1S/C29H29BrN2O6/c1-35-23-14-17(9-18(30)28(23)34)27-26-21(31-19-7-5-6-8-20(19)32-27)10-15(11-22(26)33)16-12-24(36-2)29(38-4)25(13-16)37-3/h5-9,12-15,27,31-32,34H,10-11H2,1-4H3/t15-,27-/m0/s1. The molecule has 9 heteroatoms. The molecule has 0 bridgehead atoms. The van der Waals surface area contributed by atoms with Gasteiger partial charge >= 0.3 is 0 Å². The summed E-state index contributed by atoms with van der Waals surface area (Å²) in [5.74, 6) is 1.86.